The van der Waals surface area contributed by atoms with Gasteiger partial charge in [0.25, 0.3) is 0 Å². The molecule has 1 rings (SSSR count). The van der Waals surface area contributed by atoms with Crippen molar-refractivity contribution in [3.63, 3.8) is 0 Å². The maximum Gasteiger partial charge on any atom is 0.325 e. The van der Waals surface area contributed by atoms with Crippen molar-refractivity contribution < 1.29 is 14.7 Å². The molecule has 0 radical (unpaired) electrons. The van der Waals surface area contributed by atoms with Crippen LogP contribution in [-0.2, 0) is 4.79 Å². The zero-order valence-electron chi connectivity index (χ0n) is 9.12. The van der Waals surface area contributed by atoms with Crippen molar-refractivity contribution in [1.82, 2.24) is 10.6 Å². The number of carboxylic acid groups (broad SMARTS) is 1. The number of carboxylic acids is 1. The van der Waals surface area contributed by atoms with E-state index in [1.807, 2.05) is 6.92 Å². The van der Waals surface area contributed by atoms with E-state index in [-0.39, 0.29) is 6.04 Å². The van der Waals surface area contributed by atoms with Gasteiger partial charge in [-0.1, -0.05) is 12.8 Å². The van der Waals surface area contributed by atoms with Crippen molar-refractivity contribution in [2.24, 2.45) is 5.92 Å². The van der Waals surface area contributed by atoms with Crippen molar-refractivity contribution in [1.29, 1.82) is 0 Å². The van der Waals surface area contributed by atoms with Gasteiger partial charge in [-0.25, -0.2) is 4.79 Å². The Bertz CT molecular complexity index is 251. The monoisotopic (exact) mass is 214 g/mol. The molecular weight excluding hydrogens is 196 g/mol. The van der Waals surface area contributed by atoms with Crippen LogP contribution in [0.25, 0.3) is 0 Å². The fraction of sp³-hybridized carbons (Fsp3) is 0.800. The lowest BCUT2D eigenvalue weighted by molar-refractivity contribution is -0.138. The van der Waals surface area contributed by atoms with Gasteiger partial charge in [0.05, 0.1) is 0 Å². The van der Waals surface area contributed by atoms with Crippen LogP contribution in [0.15, 0.2) is 0 Å². The van der Waals surface area contributed by atoms with Crippen LogP contribution in [0.3, 0.4) is 0 Å². The van der Waals surface area contributed by atoms with Crippen molar-refractivity contribution in [2.75, 3.05) is 0 Å². The minimum Gasteiger partial charge on any atom is -0.480 e. The topological polar surface area (TPSA) is 78.4 Å². The Hall–Kier alpha value is -1.26. The molecule has 0 aromatic carbocycles. The summed E-state index contributed by atoms with van der Waals surface area (Å²) in [5.41, 5.74) is 0. The van der Waals surface area contributed by atoms with Crippen LogP contribution >= 0.6 is 0 Å². The van der Waals surface area contributed by atoms with Crippen molar-refractivity contribution >= 4 is 12.0 Å². The second-order valence-electron chi connectivity index (χ2n) is 4.26. The Labute approximate surface area is 89.2 Å². The normalized spacial score (nSPS) is 19.1. The first-order chi connectivity index (χ1) is 6.99. The molecule has 1 aliphatic carbocycles. The van der Waals surface area contributed by atoms with Gasteiger partial charge < -0.3 is 15.7 Å². The lowest BCUT2D eigenvalue weighted by Gasteiger charge is -2.15. The van der Waals surface area contributed by atoms with Gasteiger partial charge in [0.15, 0.2) is 0 Å². The van der Waals surface area contributed by atoms with Gasteiger partial charge in [-0.2, -0.15) is 0 Å². The predicted octanol–water partition coefficient (Wildman–Crippen LogP) is 0.947. The number of hydrogen-bond acceptors (Lipinski definition) is 2. The lowest BCUT2D eigenvalue weighted by Crippen LogP contribution is -2.47. The molecule has 2 atom stereocenters. The number of urea groups is 1. The third kappa shape index (κ3) is 4.67. The van der Waals surface area contributed by atoms with E-state index < -0.39 is 18.0 Å². The number of rotatable bonds is 5. The second-order valence-corrected chi connectivity index (χ2v) is 4.26. The first-order valence-electron chi connectivity index (χ1n) is 5.29. The third-order valence-electron chi connectivity index (χ3n) is 2.48. The van der Waals surface area contributed by atoms with Crippen LogP contribution in [0, 0.1) is 5.92 Å². The molecule has 5 heteroatoms. The van der Waals surface area contributed by atoms with Gasteiger partial charge in [0, 0.05) is 6.04 Å². The van der Waals surface area contributed by atoms with E-state index in [0.717, 1.165) is 12.3 Å². The molecule has 86 valence electrons. The van der Waals surface area contributed by atoms with E-state index in [1.165, 1.54) is 19.8 Å². The number of nitrogens with one attached hydrogen (secondary N) is 2. The standard InChI is InChI=1S/C10H18N2O3/c1-6(5-8-3-4-8)11-10(15)12-7(2)9(13)14/h6-8H,3-5H2,1-2H3,(H,13,14)(H2,11,12,15)/t6?,7-/m1/s1. The minimum absolute atomic E-state index is 0.110. The summed E-state index contributed by atoms with van der Waals surface area (Å²) >= 11 is 0. The van der Waals surface area contributed by atoms with Crippen molar-refractivity contribution in [3.8, 4) is 0 Å². The SMILES string of the molecule is CC(CC1CC1)NC(=O)N[C@H](C)C(=O)O. The van der Waals surface area contributed by atoms with Gasteiger partial charge >= 0.3 is 12.0 Å². The predicted molar refractivity (Wildman–Crippen MR) is 55.6 cm³/mol. The lowest BCUT2D eigenvalue weighted by atomic mass is 10.2. The average molecular weight is 214 g/mol. The maximum atomic E-state index is 11.3. The molecule has 0 spiro atoms. The number of carbonyl (C=O) groups is 2. The summed E-state index contributed by atoms with van der Waals surface area (Å²) in [6.07, 6.45) is 3.48. The quantitative estimate of drug-likeness (QED) is 0.637. The number of amides is 2. The van der Waals surface area contributed by atoms with Crippen LogP contribution < -0.4 is 10.6 Å². The zero-order valence-corrected chi connectivity index (χ0v) is 9.12. The molecule has 0 aromatic heterocycles. The molecule has 1 aliphatic rings. The fourth-order valence-electron chi connectivity index (χ4n) is 1.44. The summed E-state index contributed by atoms with van der Waals surface area (Å²) in [5.74, 6) is -0.280. The Morgan fingerprint density at radius 2 is 1.93 bits per heavy atom. The third-order valence-corrected chi connectivity index (χ3v) is 2.48. The summed E-state index contributed by atoms with van der Waals surface area (Å²) < 4.78 is 0. The molecule has 3 N–H and O–H groups in total. The Kier molecular flexibility index (Phi) is 3.94. The molecule has 1 unspecified atom stereocenters. The number of aliphatic carboxylic acids is 1. The maximum absolute atomic E-state index is 11.3. The van der Waals surface area contributed by atoms with E-state index in [2.05, 4.69) is 10.6 Å². The minimum atomic E-state index is -1.03. The molecule has 0 heterocycles. The van der Waals surface area contributed by atoms with Gasteiger partial charge in [-0.15, -0.1) is 0 Å². The highest BCUT2D eigenvalue weighted by molar-refractivity contribution is 5.82. The molecule has 15 heavy (non-hydrogen) atoms. The van der Waals surface area contributed by atoms with Crippen molar-refractivity contribution in [2.45, 2.75) is 45.2 Å². The average Bonchev–Trinajstić information content (AvgIpc) is 2.86. The summed E-state index contributed by atoms with van der Waals surface area (Å²) in [5, 5.41) is 13.7. The smallest absolute Gasteiger partial charge is 0.325 e. The Balaban J connectivity index is 2.18. The summed E-state index contributed by atoms with van der Waals surface area (Å²) in [7, 11) is 0. The van der Waals surface area contributed by atoms with Crippen LogP contribution in [0.4, 0.5) is 4.79 Å². The van der Waals surface area contributed by atoms with Crippen LogP contribution in [-0.4, -0.2) is 29.2 Å². The van der Waals surface area contributed by atoms with Gasteiger partial charge in [0.1, 0.15) is 6.04 Å². The highest BCUT2D eigenvalue weighted by Crippen LogP contribution is 2.33. The van der Waals surface area contributed by atoms with Crippen molar-refractivity contribution in [3.05, 3.63) is 0 Å². The zero-order chi connectivity index (χ0) is 11.4. The van der Waals surface area contributed by atoms with Crippen LogP contribution in [0.2, 0.25) is 0 Å². The summed E-state index contributed by atoms with van der Waals surface area (Å²) in [6.45, 7) is 3.37. The largest absolute Gasteiger partial charge is 0.480 e. The number of carbonyl (C=O) groups excluding carboxylic acids is 1. The molecule has 1 saturated carbocycles. The molecule has 2 amide bonds. The van der Waals surface area contributed by atoms with Gasteiger partial charge in [-0.3, -0.25) is 4.79 Å². The Morgan fingerprint density at radius 3 is 2.40 bits per heavy atom. The highest BCUT2D eigenvalue weighted by atomic mass is 16.4. The first-order valence-corrected chi connectivity index (χ1v) is 5.29. The Morgan fingerprint density at radius 1 is 1.33 bits per heavy atom. The number of hydrogen-bond donors (Lipinski definition) is 3. The molecule has 1 fully saturated rings. The molecule has 5 nitrogen and oxygen atoms in total. The second kappa shape index (κ2) is 5.00. The molecule has 0 aliphatic heterocycles. The van der Waals surface area contributed by atoms with E-state index >= 15 is 0 Å². The van der Waals surface area contributed by atoms with Crippen LogP contribution in [0.1, 0.15) is 33.1 Å². The molecule has 0 bridgehead atoms. The van der Waals surface area contributed by atoms with E-state index in [0.29, 0.717) is 0 Å². The molecular formula is C10H18N2O3. The molecule has 0 aromatic rings. The van der Waals surface area contributed by atoms with E-state index in [1.54, 1.807) is 0 Å². The van der Waals surface area contributed by atoms with Crippen LogP contribution in [0.5, 0.6) is 0 Å². The van der Waals surface area contributed by atoms with Gasteiger partial charge in [-0.05, 0) is 26.2 Å². The molecule has 0 saturated heterocycles. The first kappa shape index (κ1) is 11.8. The fourth-order valence-corrected chi connectivity index (χ4v) is 1.44. The van der Waals surface area contributed by atoms with E-state index in [9.17, 15) is 9.59 Å². The summed E-state index contributed by atoms with van der Waals surface area (Å²) in [6, 6.07) is -1.14. The highest BCUT2D eigenvalue weighted by Gasteiger charge is 2.24. The van der Waals surface area contributed by atoms with Gasteiger partial charge in [0.2, 0.25) is 0 Å². The van der Waals surface area contributed by atoms with E-state index in [4.69, 9.17) is 5.11 Å². The summed E-state index contributed by atoms with van der Waals surface area (Å²) in [4.78, 5) is 21.8.